The number of benzene rings is 1. The van der Waals surface area contributed by atoms with Gasteiger partial charge in [-0.1, -0.05) is 5.21 Å². The van der Waals surface area contributed by atoms with Crippen molar-refractivity contribution < 1.29 is 19.7 Å². The fourth-order valence-electron chi connectivity index (χ4n) is 2.87. The third kappa shape index (κ3) is 5.41. The van der Waals surface area contributed by atoms with E-state index in [2.05, 4.69) is 25.7 Å². The Bertz CT molecular complexity index is 791. The van der Waals surface area contributed by atoms with Crippen LogP contribution in [0.1, 0.15) is 0 Å². The first-order valence-corrected chi connectivity index (χ1v) is 9.01. The van der Waals surface area contributed by atoms with Gasteiger partial charge in [-0.15, -0.1) is 5.10 Å². The van der Waals surface area contributed by atoms with Gasteiger partial charge in [0.05, 0.1) is 44.2 Å². The molecule has 1 aromatic carbocycles. The lowest BCUT2D eigenvalue weighted by atomic mass is 10.1. The third-order valence-electron chi connectivity index (χ3n) is 4.37. The largest absolute Gasteiger partial charge is 0.491 e. The lowest BCUT2D eigenvalue weighted by Gasteiger charge is -2.15. The van der Waals surface area contributed by atoms with Crippen LogP contribution in [0.2, 0.25) is 0 Å². The highest BCUT2D eigenvalue weighted by atomic mass is 16.5. The van der Waals surface area contributed by atoms with Crippen LogP contribution in [-0.2, 0) is 11.3 Å². The maximum Gasteiger partial charge on any atom is 0.214 e. The van der Waals surface area contributed by atoms with E-state index < -0.39 is 12.2 Å². The third-order valence-corrected chi connectivity index (χ3v) is 4.37. The van der Waals surface area contributed by atoms with Crippen LogP contribution in [-0.4, -0.2) is 76.4 Å². The molecule has 3 atom stereocenters. The highest BCUT2D eigenvalue weighted by molar-refractivity contribution is 5.58. The summed E-state index contributed by atoms with van der Waals surface area (Å²) in [5.74, 6) is 0.720. The Morgan fingerprint density at radius 3 is 2.79 bits per heavy atom. The fraction of sp³-hybridized carbons (Fsp3) is 0.529. The molecule has 150 valence electrons. The minimum absolute atomic E-state index is 0.252. The molecule has 2 aromatic rings. The highest BCUT2D eigenvalue weighted by Crippen LogP contribution is 2.20. The molecule has 0 bridgehead atoms. The number of nitrogens with zero attached hydrogens (tertiary/aromatic N) is 5. The molecule has 28 heavy (non-hydrogen) atoms. The minimum atomic E-state index is -0.810. The molecule has 1 saturated heterocycles. The van der Waals surface area contributed by atoms with Gasteiger partial charge in [-0.2, -0.15) is 0 Å². The first-order chi connectivity index (χ1) is 13.7. The van der Waals surface area contributed by atoms with Gasteiger partial charge in [0.25, 0.3) is 0 Å². The Kier molecular flexibility index (Phi) is 7.18. The van der Waals surface area contributed by atoms with E-state index in [1.807, 2.05) is 24.3 Å². The first kappa shape index (κ1) is 20.1. The van der Waals surface area contributed by atoms with Gasteiger partial charge in [0.2, 0.25) is 4.91 Å². The van der Waals surface area contributed by atoms with Crippen LogP contribution in [0.3, 0.4) is 0 Å². The van der Waals surface area contributed by atoms with Crippen LogP contribution < -0.4 is 15.0 Å². The average molecular weight is 390 g/mol. The number of aromatic nitrogens is 3. The number of aliphatic hydroxyl groups is 2. The van der Waals surface area contributed by atoms with Gasteiger partial charge in [0.15, 0.2) is 0 Å². The van der Waals surface area contributed by atoms with Crippen LogP contribution in [0, 0.1) is 5.53 Å². The van der Waals surface area contributed by atoms with Crippen LogP contribution >= 0.6 is 0 Å². The smallest absolute Gasteiger partial charge is 0.214 e. The monoisotopic (exact) mass is 390 g/mol. The second-order valence-electron chi connectivity index (χ2n) is 6.35. The summed E-state index contributed by atoms with van der Waals surface area (Å²) in [5, 5.41) is 34.3. The molecule has 11 nitrogen and oxygen atoms in total. The number of hydrogen-bond donors (Lipinski definition) is 4. The van der Waals surface area contributed by atoms with Crippen molar-refractivity contribution >= 4 is 0 Å². The Labute approximate surface area is 161 Å². The number of aliphatic hydroxyl groups excluding tert-OH is 2. The van der Waals surface area contributed by atoms with Crippen LogP contribution in [0.4, 0.5) is 0 Å². The van der Waals surface area contributed by atoms with Gasteiger partial charge in [-0.25, -0.2) is 0 Å². The molecule has 1 aromatic heterocycles. The van der Waals surface area contributed by atoms with E-state index in [1.54, 1.807) is 10.9 Å². The van der Waals surface area contributed by atoms with Crippen molar-refractivity contribution in [3.63, 3.8) is 0 Å². The van der Waals surface area contributed by atoms with Gasteiger partial charge in [-0.3, -0.25) is 4.68 Å². The Morgan fingerprint density at radius 1 is 1.25 bits per heavy atom. The average Bonchev–Trinajstić information content (AvgIpc) is 3.30. The zero-order valence-electron chi connectivity index (χ0n) is 15.3. The van der Waals surface area contributed by atoms with E-state index in [1.165, 1.54) is 0 Å². The summed E-state index contributed by atoms with van der Waals surface area (Å²) >= 11 is 0. The molecule has 2 heterocycles. The van der Waals surface area contributed by atoms with Crippen molar-refractivity contribution in [1.29, 1.82) is 5.53 Å². The topological polar surface area (TPSA) is 152 Å². The minimum Gasteiger partial charge on any atom is -0.491 e. The number of ether oxygens (including phenoxy) is 2. The van der Waals surface area contributed by atoms with Gasteiger partial charge in [-0.05, 0) is 24.3 Å². The van der Waals surface area contributed by atoms with E-state index in [9.17, 15) is 10.2 Å². The molecule has 0 saturated carbocycles. The number of β-amino-alcohol motifs (C(OH)–C–C–N with tert-alkyl or cyclic N) is 1. The second kappa shape index (κ2) is 10.0. The van der Waals surface area contributed by atoms with E-state index in [0.29, 0.717) is 45.1 Å². The number of hydrogen-bond acceptors (Lipinski definition) is 9. The Balaban J connectivity index is 1.46. The predicted molar refractivity (Wildman–Crippen MR) is 97.7 cm³/mol. The molecular formula is C17H24N7O4+. The quantitative estimate of drug-likeness (QED) is 0.244. The zero-order valence-corrected chi connectivity index (χ0v) is 15.3. The molecular weight excluding hydrogens is 366 g/mol. The van der Waals surface area contributed by atoms with E-state index >= 15 is 0 Å². The molecule has 1 fully saturated rings. The Hall–Kier alpha value is -2.69. The lowest BCUT2D eigenvalue weighted by molar-refractivity contribution is 0.0372. The molecule has 0 aliphatic carbocycles. The summed E-state index contributed by atoms with van der Waals surface area (Å²) in [4.78, 5) is 2.90. The van der Waals surface area contributed by atoms with Gasteiger partial charge >= 0.3 is 0 Å². The van der Waals surface area contributed by atoms with Gasteiger partial charge in [0, 0.05) is 12.1 Å². The number of nitrogens with one attached hydrogen (secondary N) is 2. The Morgan fingerprint density at radius 2 is 2.07 bits per heavy atom. The normalized spacial score (nSPS) is 21.4. The van der Waals surface area contributed by atoms with Crippen molar-refractivity contribution in [3.05, 3.63) is 30.5 Å². The van der Waals surface area contributed by atoms with E-state index in [4.69, 9.17) is 15.0 Å². The maximum atomic E-state index is 9.90. The fourth-order valence-corrected chi connectivity index (χ4v) is 2.87. The van der Waals surface area contributed by atoms with E-state index in [0.717, 1.165) is 11.3 Å². The molecule has 0 unspecified atom stereocenters. The van der Waals surface area contributed by atoms with Crippen molar-refractivity contribution in [2.75, 3.05) is 32.9 Å². The van der Waals surface area contributed by atoms with Crippen molar-refractivity contribution in [2.45, 2.75) is 24.8 Å². The van der Waals surface area contributed by atoms with Crippen LogP contribution in [0.15, 0.2) is 35.6 Å². The maximum absolute atomic E-state index is 9.90. The van der Waals surface area contributed by atoms with Gasteiger partial charge in [0.1, 0.15) is 35.2 Å². The van der Waals surface area contributed by atoms with Crippen molar-refractivity contribution in [2.24, 2.45) is 5.11 Å². The first-order valence-electron chi connectivity index (χ1n) is 9.01. The number of rotatable bonds is 10. The standard InChI is InChI=1S/C17H24N7O4/c18-22-20-5-6-27-7-8-28-13-3-1-12(2-4-13)14-10-24(23-21-14)11-15-17(26)16(25)9-19-15/h1-4,10,15-19,25-26H,5-9,11H2/q+1/t15-,16+,17-/m0/s1. The molecule has 0 radical (unpaired) electrons. The molecule has 0 amide bonds. The summed E-state index contributed by atoms with van der Waals surface area (Å²) in [7, 11) is 0. The SMILES string of the molecule is N=[N+]=NCCOCCOc1ccc(-c2cn(C[C@@H]3NC[C@@H](O)[C@H]3O)nn2)cc1. The summed E-state index contributed by atoms with van der Waals surface area (Å²) in [5.41, 5.74) is 8.14. The summed E-state index contributed by atoms with van der Waals surface area (Å²) in [6, 6.07) is 7.23. The molecule has 4 N–H and O–H groups in total. The molecule has 11 heteroatoms. The molecule has 0 spiro atoms. The summed E-state index contributed by atoms with van der Waals surface area (Å²) < 4.78 is 12.6. The summed E-state index contributed by atoms with van der Waals surface area (Å²) in [6.07, 6.45) is 0.242. The summed E-state index contributed by atoms with van der Waals surface area (Å²) in [6.45, 7) is 2.42. The zero-order chi connectivity index (χ0) is 19.8. The molecule has 1 aliphatic rings. The molecule has 1 aliphatic heterocycles. The lowest BCUT2D eigenvalue weighted by Crippen LogP contribution is -2.36. The predicted octanol–water partition coefficient (Wildman–Crippen LogP) is -0.416. The van der Waals surface area contributed by atoms with Crippen LogP contribution in [0.5, 0.6) is 5.75 Å². The van der Waals surface area contributed by atoms with Gasteiger partial charge < -0.3 is 25.0 Å². The van der Waals surface area contributed by atoms with Crippen molar-refractivity contribution in [1.82, 2.24) is 25.2 Å². The van der Waals surface area contributed by atoms with Crippen molar-refractivity contribution in [3.8, 4) is 17.0 Å². The van der Waals surface area contributed by atoms with E-state index in [-0.39, 0.29) is 6.04 Å². The highest BCUT2D eigenvalue weighted by Gasteiger charge is 2.33. The second-order valence-corrected chi connectivity index (χ2v) is 6.35. The molecule has 3 rings (SSSR count). The van der Waals surface area contributed by atoms with Crippen LogP contribution in [0.25, 0.3) is 11.3 Å².